The maximum Gasteiger partial charge on any atom is 0.277 e. The van der Waals surface area contributed by atoms with Gasteiger partial charge in [-0.1, -0.05) is 62.9 Å². The van der Waals surface area contributed by atoms with E-state index in [1.807, 2.05) is 54.6 Å². The fourth-order valence-corrected chi connectivity index (χ4v) is 6.14. The quantitative estimate of drug-likeness (QED) is 0.479. The summed E-state index contributed by atoms with van der Waals surface area (Å²) in [5.74, 6) is 0.348. The van der Waals surface area contributed by atoms with Crippen molar-refractivity contribution in [1.29, 1.82) is 0 Å². The van der Waals surface area contributed by atoms with Crippen molar-refractivity contribution in [2.45, 2.75) is 43.9 Å². The van der Waals surface area contributed by atoms with Crippen molar-refractivity contribution < 1.29 is 17.6 Å². The van der Waals surface area contributed by atoms with Crippen LogP contribution in [0.1, 0.15) is 32.8 Å². The lowest BCUT2D eigenvalue weighted by atomic mass is 9.87. The number of carbonyl (C=O) groups is 1. The molecule has 1 aromatic heterocycles. The molecule has 1 atom stereocenters. The summed E-state index contributed by atoms with van der Waals surface area (Å²) in [7, 11) is -3.13. The molecular weight excluding hydrogens is 458 g/mol. The highest BCUT2D eigenvalue weighted by Crippen LogP contribution is 2.29. The smallest absolute Gasteiger partial charge is 0.277 e. The summed E-state index contributed by atoms with van der Waals surface area (Å²) in [6, 6.07) is 16.8. The van der Waals surface area contributed by atoms with Gasteiger partial charge in [0.2, 0.25) is 11.8 Å². The van der Waals surface area contributed by atoms with Gasteiger partial charge < -0.3 is 9.32 Å². The van der Waals surface area contributed by atoms with Crippen molar-refractivity contribution >= 4 is 33.2 Å². The SMILES string of the molecule is CC(C)(C)c1ccc(-c2nnc(SCC(=O)N(c3ccccc3)C3CCS(=O)(=O)C3)o2)cc1. The number of rotatable bonds is 6. The Bertz CT molecular complexity index is 1220. The Kier molecular flexibility index (Phi) is 6.63. The first-order valence-electron chi connectivity index (χ1n) is 10.8. The molecular formula is C24H27N3O4S2. The van der Waals surface area contributed by atoms with Crippen molar-refractivity contribution in [2.75, 3.05) is 22.2 Å². The molecule has 0 aliphatic carbocycles. The first kappa shape index (κ1) is 23.5. The predicted molar refractivity (Wildman–Crippen MR) is 130 cm³/mol. The van der Waals surface area contributed by atoms with Crippen molar-refractivity contribution in [2.24, 2.45) is 0 Å². The van der Waals surface area contributed by atoms with Crippen LogP contribution < -0.4 is 4.90 Å². The summed E-state index contributed by atoms with van der Waals surface area (Å²) in [6.07, 6.45) is 0.433. The van der Waals surface area contributed by atoms with Gasteiger partial charge in [-0.15, -0.1) is 10.2 Å². The molecule has 2 aromatic carbocycles. The molecule has 3 aromatic rings. The van der Waals surface area contributed by atoms with Crippen LogP contribution in [0.4, 0.5) is 5.69 Å². The second-order valence-electron chi connectivity index (χ2n) is 9.15. The number of nitrogens with zero attached hydrogens (tertiary/aromatic N) is 3. The number of aromatic nitrogens is 2. The molecule has 33 heavy (non-hydrogen) atoms. The van der Waals surface area contributed by atoms with Gasteiger partial charge >= 0.3 is 0 Å². The topological polar surface area (TPSA) is 93.4 Å². The Hall–Kier alpha value is -2.65. The van der Waals surface area contributed by atoms with Crippen LogP contribution >= 0.6 is 11.8 Å². The van der Waals surface area contributed by atoms with Crippen LogP contribution in [-0.4, -0.2) is 47.8 Å². The molecule has 2 heterocycles. The number of hydrogen-bond donors (Lipinski definition) is 0. The van der Waals surface area contributed by atoms with E-state index in [1.54, 1.807) is 4.90 Å². The number of amides is 1. The molecule has 1 aliphatic heterocycles. The highest BCUT2D eigenvalue weighted by molar-refractivity contribution is 7.99. The van der Waals surface area contributed by atoms with Crippen LogP contribution in [0.15, 0.2) is 64.2 Å². The van der Waals surface area contributed by atoms with Gasteiger partial charge in [0, 0.05) is 11.3 Å². The lowest BCUT2D eigenvalue weighted by Crippen LogP contribution is -2.42. The van der Waals surface area contributed by atoms with Crippen LogP contribution in [0, 0.1) is 0 Å². The summed E-state index contributed by atoms with van der Waals surface area (Å²) in [6.45, 7) is 6.46. The third-order valence-electron chi connectivity index (χ3n) is 5.60. The van der Waals surface area contributed by atoms with Crippen molar-refractivity contribution in [3.05, 3.63) is 60.2 Å². The van der Waals surface area contributed by atoms with Crippen LogP contribution in [0.25, 0.3) is 11.5 Å². The summed E-state index contributed by atoms with van der Waals surface area (Å²) in [4.78, 5) is 14.7. The molecule has 0 radical (unpaired) electrons. The van der Waals surface area contributed by atoms with Gasteiger partial charge in [-0.3, -0.25) is 4.79 Å². The van der Waals surface area contributed by atoms with Gasteiger partial charge in [-0.05, 0) is 41.7 Å². The molecule has 1 amide bonds. The van der Waals surface area contributed by atoms with Crippen LogP contribution in [-0.2, 0) is 20.0 Å². The first-order chi connectivity index (χ1) is 15.6. The fraction of sp³-hybridized carbons (Fsp3) is 0.375. The largest absolute Gasteiger partial charge is 0.411 e. The molecule has 0 spiro atoms. The first-order valence-corrected chi connectivity index (χ1v) is 13.6. The van der Waals surface area contributed by atoms with Crippen LogP contribution in [0.3, 0.4) is 0 Å². The minimum absolute atomic E-state index is 0.0203. The zero-order chi connectivity index (χ0) is 23.6. The molecule has 9 heteroatoms. The zero-order valence-electron chi connectivity index (χ0n) is 18.9. The minimum Gasteiger partial charge on any atom is -0.411 e. The number of carbonyl (C=O) groups excluding carboxylic acids is 1. The Morgan fingerprint density at radius 1 is 1.09 bits per heavy atom. The lowest BCUT2D eigenvalue weighted by Gasteiger charge is -2.28. The number of hydrogen-bond acceptors (Lipinski definition) is 7. The Morgan fingerprint density at radius 2 is 1.79 bits per heavy atom. The summed E-state index contributed by atoms with van der Waals surface area (Å²) < 4.78 is 29.8. The van der Waals surface area contributed by atoms with E-state index in [0.717, 1.165) is 17.3 Å². The number of anilines is 1. The third-order valence-corrected chi connectivity index (χ3v) is 8.15. The average molecular weight is 486 g/mol. The molecule has 174 valence electrons. The predicted octanol–water partition coefficient (Wildman–Crippen LogP) is 4.35. The molecule has 1 saturated heterocycles. The Morgan fingerprint density at radius 3 is 2.39 bits per heavy atom. The van der Waals surface area contributed by atoms with Gasteiger partial charge in [0.1, 0.15) is 0 Å². The van der Waals surface area contributed by atoms with E-state index >= 15 is 0 Å². The van der Waals surface area contributed by atoms with E-state index < -0.39 is 9.84 Å². The average Bonchev–Trinajstić information content (AvgIpc) is 3.39. The van der Waals surface area contributed by atoms with Gasteiger partial charge in [-0.25, -0.2) is 8.42 Å². The second-order valence-corrected chi connectivity index (χ2v) is 12.3. The van der Waals surface area contributed by atoms with Crippen molar-refractivity contribution in [3.63, 3.8) is 0 Å². The van der Waals surface area contributed by atoms with Crippen molar-refractivity contribution in [1.82, 2.24) is 10.2 Å². The second kappa shape index (κ2) is 9.30. The Labute approximate surface area is 198 Å². The van der Waals surface area contributed by atoms with Gasteiger partial charge in [-0.2, -0.15) is 0 Å². The van der Waals surface area contributed by atoms with Gasteiger partial charge in [0.05, 0.1) is 23.3 Å². The molecule has 7 nitrogen and oxygen atoms in total. The van der Waals surface area contributed by atoms with Crippen molar-refractivity contribution in [3.8, 4) is 11.5 Å². The van der Waals surface area contributed by atoms with E-state index in [1.165, 1.54) is 5.56 Å². The number of benzene rings is 2. The van der Waals surface area contributed by atoms with E-state index in [-0.39, 0.29) is 34.6 Å². The minimum atomic E-state index is -3.13. The lowest BCUT2D eigenvalue weighted by molar-refractivity contribution is -0.116. The number of para-hydroxylation sites is 1. The normalized spacial score (nSPS) is 17.7. The highest BCUT2D eigenvalue weighted by Gasteiger charge is 2.35. The third kappa shape index (κ3) is 5.65. The van der Waals surface area contributed by atoms with Gasteiger partial charge in [0.15, 0.2) is 9.84 Å². The zero-order valence-corrected chi connectivity index (χ0v) is 20.5. The molecule has 1 aliphatic rings. The highest BCUT2D eigenvalue weighted by atomic mass is 32.2. The maximum atomic E-state index is 13.1. The molecule has 1 unspecified atom stereocenters. The summed E-state index contributed by atoms with van der Waals surface area (Å²) in [5.41, 5.74) is 2.77. The standard InChI is InChI=1S/C24H27N3O4S2/c1-24(2,3)18-11-9-17(10-12-18)22-25-26-23(31-22)32-15-21(28)27(19-7-5-4-6-8-19)20-13-14-33(29,30)16-20/h4-12,20H,13-16H2,1-3H3. The van der Waals surface area contributed by atoms with E-state index in [2.05, 4.69) is 31.0 Å². The van der Waals surface area contributed by atoms with Crippen LogP contribution in [0.5, 0.6) is 0 Å². The maximum absolute atomic E-state index is 13.1. The number of sulfone groups is 1. The van der Waals surface area contributed by atoms with E-state index in [9.17, 15) is 13.2 Å². The number of thioether (sulfide) groups is 1. The molecule has 0 saturated carbocycles. The van der Waals surface area contributed by atoms with E-state index in [0.29, 0.717) is 23.2 Å². The summed E-state index contributed by atoms with van der Waals surface area (Å²) in [5, 5.41) is 8.48. The molecule has 0 N–H and O–H groups in total. The summed E-state index contributed by atoms with van der Waals surface area (Å²) >= 11 is 1.15. The van der Waals surface area contributed by atoms with E-state index in [4.69, 9.17) is 4.42 Å². The Balaban J connectivity index is 1.45. The molecule has 0 bridgehead atoms. The van der Waals surface area contributed by atoms with Crippen LogP contribution in [0.2, 0.25) is 0 Å². The molecule has 4 rings (SSSR count). The molecule has 1 fully saturated rings. The fourth-order valence-electron chi connectivity index (χ4n) is 3.82. The monoisotopic (exact) mass is 485 g/mol. The van der Waals surface area contributed by atoms with Gasteiger partial charge in [0.25, 0.3) is 5.22 Å².